The van der Waals surface area contributed by atoms with E-state index in [9.17, 15) is 0 Å². The van der Waals surface area contributed by atoms with Crippen LogP contribution in [0.4, 0.5) is 10.9 Å². The normalized spacial score (nSPS) is 11.0. The third-order valence-corrected chi connectivity index (χ3v) is 4.15. The van der Waals surface area contributed by atoms with E-state index in [1.54, 1.807) is 0 Å². The van der Waals surface area contributed by atoms with E-state index in [2.05, 4.69) is 27.4 Å². The Morgan fingerprint density at radius 1 is 1.29 bits per heavy atom. The number of anilines is 2. The van der Waals surface area contributed by atoms with Gasteiger partial charge in [-0.1, -0.05) is 29.0 Å². The second-order valence-electron chi connectivity index (χ2n) is 4.70. The second kappa shape index (κ2) is 5.83. The molecule has 0 spiro atoms. The summed E-state index contributed by atoms with van der Waals surface area (Å²) in [5.41, 5.74) is 7.62. The highest BCUT2D eigenvalue weighted by molar-refractivity contribution is 7.15. The first-order valence-corrected chi connectivity index (χ1v) is 7.70. The maximum absolute atomic E-state index is 6.02. The van der Waals surface area contributed by atoms with Crippen LogP contribution in [0.15, 0.2) is 24.3 Å². The maximum Gasteiger partial charge on any atom is 0.203 e. The lowest BCUT2D eigenvalue weighted by Crippen LogP contribution is -2.06. The number of fused-ring (bicyclic) bond motifs is 1. The molecule has 7 heteroatoms. The smallest absolute Gasteiger partial charge is 0.203 e. The Bertz CT molecular complexity index is 786. The third kappa shape index (κ3) is 3.22. The summed E-state index contributed by atoms with van der Waals surface area (Å²) in [7, 11) is 0. The van der Waals surface area contributed by atoms with E-state index in [1.165, 1.54) is 16.9 Å². The van der Waals surface area contributed by atoms with E-state index in [4.69, 9.17) is 17.3 Å². The highest BCUT2D eigenvalue weighted by Crippen LogP contribution is 2.23. The average molecular weight is 320 g/mol. The van der Waals surface area contributed by atoms with Crippen molar-refractivity contribution in [2.24, 2.45) is 0 Å². The molecule has 0 aliphatic rings. The predicted molar refractivity (Wildman–Crippen MR) is 88.0 cm³/mol. The summed E-state index contributed by atoms with van der Waals surface area (Å²) < 4.78 is 0. The molecule has 0 atom stereocenters. The van der Waals surface area contributed by atoms with Crippen molar-refractivity contribution >= 4 is 44.8 Å². The minimum absolute atomic E-state index is 0.499. The zero-order valence-electron chi connectivity index (χ0n) is 11.4. The van der Waals surface area contributed by atoms with Crippen LogP contribution < -0.4 is 11.1 Å². The van der Waals surface area contributed by atoms with Crippen LogP contribution in [-0.2, 0) is 6.42 Å². The molecule has 21 heavy (non-hydrogen) atoms. The minimum atomic E-state index is 0.499. The lowest BCUT2D eigenvalue weighted by atomic mass is 10.1. The summed E-state index contributed by atoms with van der Waals surface area (Å²) in [6, 6.07) is 7.78. The van der Waals surface area contributed by atoms with Crippen molar-refractivity contribution in [3.63, 3.8) is 0 Å². The fourth-order valence-electron chi connectivity index (χ4n) is 2.13. The van der Waals surface area contributed by atoms with E-state index < -0.39 is 0 Å². The van der Waals surface area contributed by atoms with Crippen LogP contribution in [0, 0.1) is 6.92 Å². The quantitative estimate of drug-likeness (QED) is 0.771. The van der Waals surface area contributed by atoms with Gasteiger partial charge in [0.1, 0.15) is 10.8 Å². The van der Waals surface area contributed by atoms with Crippen LogP contribution in [0.25, 0.3) is 10.9 Å². The Hall–Kier alpha value is -1.92. The molecule has 1 aromatic carbocycles. The van der Waals surface area contributed by atoms with Gasteiger partial charge in [-0.25, -0.2) is 4.98 Å². The lowest BCUT2D eigenvalue weighted by molar-refractivity contribution is 0.939. The van der Waals surface area contributed by atoms with Crippen LogP contribution in [-0.4, -0.2) is 21.7 Å². The van der Waals surface area contributed by atoms with E-state index in [-0.39, 0.29) is 0 Å². The number of nitrogens with zero attached hydrogens (tertiary/aromatic N) is 3. The Morgan fingerprint density at radius 2 is 2.14 bits per heavy atom. The van der Waals surface area contributed by atoms with Gasteiger partial charge in [0, 0.05) is 23.4 Å². The summed E-state index contributed by atoms with van der Waals surface area (Å²) in [6.07, 6.45) is 0.767. The van der Waals surface area contributed by atoms with Crippen LogP contribution >= 0.6 is 22.9 Å². The second-order valence-corrected chi connectivity index (χ2v) is 6.23. The Labute approximate surface area is 131 Å². The van der Waals surface area contributed by atoms with Crippen LogP contribution in [0.5, 0.6) is 0 Å². The summed E-state index contributed by atoms with van der Waals surface area (Å²) >= 11 is 7.43. The van der Waals surface area contributed by atoms with Gasteiger partial charge in [-0.2, -0.15) is 0 Å². The minimum Gasteiger partial charge on any atom is -0.374 e. The molecule has 5 nitrogen and oxygen atoms in total. The summed E-state index contributed by atoms with van der Waals surface area (Å²) in [5.74, 6) is 0.833. The Morgan fingerprint density at radius 3 is 2.90 bits per heavy atom. The number of rotatable bonds is 4. The highest BCUT2D eigenvalue weighted by atomic mass is 35.5. The number of pyridine rings is 1. The van der Waals surface area contributed by atoms with Crippen molar-refractivity contribution in [1.82, 2.24) is 15.2 Å². The summed E-state index contributed by atoms with van der Waals surface area (Å²) in [4.78, 5) is 4.58. The molecule has 3 N–H and O–H groups in total. The fraction of sp³-hybridized carbons (Fsp3) is 0.214. The van der Waals surface area contributed by atoms with Gasteiger partial charge >= 0.3 is 0 Å². The summed E-state index contributed by atoms with van der Waals surface area (Å²) in [5, 5.41) is 14.3. The predicted octanol–water partition coefficient (Wildman–Crippen LogP) is 3.28. The van der Waals surface area contributed by atoms with Gasteiger partial charge in [-0.05, 0) is 30.7 Å². The van der Waals surface area contributed by atoms with Gasteiger partial charge in [-0.15, -0.1) is 10.2 Å². The fourth-order valence-corrected chi connectivity index (χ4v) is 2.91. The number of aromatic nitrogens is 3. The first kappa shape index (κ1) is 14.0. The van der Waals surface area contributed by atoms with Crippen molar-refractivity contribution in [3.05, 3.63) is 39.9 Å². The number of aryl methyl sites for hydroxylation is 1. The van der Waals surface area contributed by atoms with Crippen LogP contribution in [0.1, 0.15) is 10.6 Å². The van der Waals surface area contributed by atoms with E-state index in [0.29, 0.717) is 10.2 Å². The number of benzene rings is 1. The number of hydrogen-bond acceptors (Lipinski definition) is 6. The molecule has 3 rings (SSSR count). The molecule has 0 saturated heterocycles. The molecule has 0 radical (unpaired) electrons. The third-order valence-electron chi connectivity index (χ3n) is 3.11. The van der Waals surface area contributed by atoms with Gasteiger partial charge in [0.25, 0.3) is 0 Å². The first-order valence-electron chi connectivity index (χ1n) is 6.50. The molecule has 0 amide bonds. The first-order chi connectivity index (χ1) is 10.1. The van der Waals surface area contributed by atoms with Crippen molar-refractivity contribution in [2.75, 3.05) is 17.6 Å². The number of hydrogen-bond donors (Lipinski definition) is 2. The Balaban J connectivity index is 1.74. The van der Waals surface area contributed by atoms with Crippen molar-refractivity contribution in [3.8, 4) is 0 Å². The zero-order valence-corrected chi connectivity index (χ0v) is 13.0. The number of nitrogens with one attached hydrogen (secondary N) is 1. The number of nitrogens with two attached hydrogens (primary N) is 1. The van der Waals surface area contributed by atoms with Crippen LogP contribution in [0.3, 0.4) is 0 Å². The highest BCUT2D eigenvalue weighted by Gasteiger charge is 2.05. The monoisotopic (exact) mass is 319 g/mol. The molecular formula is C14H14ClN5S. The van der Waals surface area contributed by atoms with E-state index in [1.807, 2.05) is 24.3 Å². The standard InChI is InChI=1S/C14H14ClN5S/c1-8-6-12(17-5-4-13-19-20-14(16)21-13)18-11-7-9(15)2-3-10(8)11/h2-3,6-7H,4-5H2,1H3,(H2,16,20)(H,17,18). The number of nitrogen functional groups attached to an aromatic ring is 1. The molecular weight excluding hydrogens is 306 g/mol. The van der Waals surface area contributed by atoms with Gasteiger partial charge < -0.3 is 11.1 Å². The lowest BCUT2D eigenvalue weighted by Gasteiger charge is -2.08. The largest absolute Gasteiger partial charge is 0.374 e. The zero-order chi connectivity index (χ0) is 14.8. The van der Waals surface area contributed by atoms with Crippen molar-refractivity contribution < 1.29 is 0 Å². The SMILES string of the molecule is Cc1cc(NCCc2nnc(N)s2)nc2cc(Cl)ccc12. The van der Waals surface area contributed by atoms with E-state index in [0.717, 1.165) is 34.7 Å². The summed E-state index contributed by atoms with van der Waals surface area (Å²) in [6.45, 7) is 2.79. The molecule has 2 aromatic heterocycles. The van der Waals surface area contributed by atoms with E-state index >= 15 is 0 Å². The Kier molecular flexibility index (Phi) is 3.90. The molecule has 0 fully saturated rings. The van der Waals surface area contributed by atoms with Gasteiger partial charge in [0.05, 0.1) is 5.52 Å². The van der Waals surface area contributed by atoms with Gasteiger partial charge in [0.15, 0.2) is 0 Å². The molecule has 108 valence electrons. The van der Waals surface area contributed by atoms with Crippen molar-refractivity contribution in [1.29, 1.82) is 0 Å². The van der Waals surface area contributed by atoms with Crippen LogP contribution in [0.2, 0.25) is 5.02 Å². The number of halogens is 1. The molecule has 3 aromatic rings. The van der Waals surface area contributed by atoms with Gasteiger partial charge in [-0.3, -0.25) is 0 Å². The molecule has 2 heterocycles. The molecule has 0 bridgehead atoms. The van der Waals surface area contributed by atoms with Crippen molar-refractivity contribution in [2.45, 2.75) is 13.3 Å². The maximum atomic E-state index is 6.02. The van der Waals surface area contributed by atoms with Gasteiger partial charge in [0.2, 0.25) is 5.13 Å². The molecule has 0 aliphatic carbocycles. The molecule has 0 aliphatic heterocycles. The topological polar surface area (TPSA) is 76.7 Å². The molecule has 0 saturated carbocycles. The average Bonchev–Trinajstić information content (AvgIpc) is 2.84. The molecule has 0 unspecified atom stereocenters.